The molecule has 18 heavy (non-hydrogen) atoms. The van der Waals surface area contributed by atoms with Gasteiger partial charge in [0.1, 0.15) is 0 Å². The van der Waals surface area contributed by atoms with E-state index in [0.717, 1.165) is 5.56 Å². The smallest absolute Gasteiger partial charge is 0.312 e. The molecule has 0 bridgehead atoms. The second-order valence-corrected chi connectivity index (χ2v) is 4.74. The van der Waals surface area contributed by atoms with Gasteiger partial charge >= 0.3 is 5.97 Å². The van der Waals surface area contributed by atoms with Crippen molar-refractivity contribution in [3.05, 3.63) is 35.9 Å². The molecule has 3 N–H and O–H groups in total. The average molecular weight is 251 g/mol. The van der Waals surface area contributed by atoms with E-state index in [2.05, 4.69) is 5.32 Å². The van der Waals surface area contributed by atoms with Crippen LogP contribution in [0.25, 0.3) is 0 Å². The molecule has 100 valence electrons. The van der Waals surface area contributed by atoms with E-state index in [1.165, 1.54) is 0 Å². The number of carboxylic acids is 1. The predicted molar refractivity (Wildman–Crippen MR) is 70.5 cm³/mol. The number of hydrogen-bond acceptors (Lipinski definition) is 3. The minimum atomic E-state index is -0.853. The molecule has 4 heteroatoms. The summed E-state index contributed by atoms with van der Waals surface area (Å²) in [6.07, 6.45) is 0. The Morgan fingerprint density at radius 2 is 1.89 bits per heavy atom. The van der Waals surface area contributed by atoms with E-state index in [9.17, 15) is 15.0 Å². The Balaban J connectivity index is 2.68. The maximum absolute atomic E-state index is 11.3. The number of nitrogens with one attached hydrogen (secondary N) is 1. The number of aliphatic hydroxyl groups is 1. The molecule has 1 aromatic carbocycles. The molecule has 0 spiro atoms. The van der Waals surface area contributed by atoms with E-state index in [1.54, 1.807) is 0 Å². The normalized spacial score (nSPS) is 14.4. The van der Waals surface area contributed by atoms with Gasteiger partial charge in [-0.1, -0.05) is 44.2 Å². The first-order valence-corrected chi connectivity index (χ1v) is 6.18. The van der Waals surface area contributed by atoms with Crippen molar-refractivity contribution in [1.29, 1.82) is 0 Å². The summed E-state index contributed by atoms with van der Waals surface area (Å²) in [5.41, 5.74) is 0.776. The highest BCUT2D eigenvalue weighted by Crippen LogP contribution is 2.15. The SMILES string of the molecule is CC(C)C(CO)NCC(C(=O)O)c1ccccc1. The van der Waals surface area contributed by atoms with Gasteiger partial charge in [-0.25, -0.2) is 0 Å². The molecular formula is C14H21NO3. The van der Waals surface area contributed by atoms with Gasteiger partial charge in [0, 0.05) is 12.6 Å². The van der Waals surface area contributed by atoms with Crippen molar-refractivity contribution < 1.29 is 15.0 Å². The molecule has 0 aliphatic rings. The first-order chi connectivity index (χ1) is 8.56. The Hall–Kier alpha value is -1.39. The van der Waals surface area contributed by atoms with Crippen molar-refractivity contribution in [3.8, 4) is 0 Å². The molecule has 1 rings (SSSR count). The number of aliphatic carboxylic acids is 1. The highest BCUT2D eigenvalue weighted by atomic mass is 16.4. The average Bonchev–Trinajstić information content (AvgIpc) is 2.35. The first kappa shape index (κ1) is 14.7. The van der Waals surface area contributed by atoms with Gasteiger partial charge in [-0.15, -0.1) is 0 Å². The van der Waals surface area contributed by atoms with Crippen LogP contribution in [0.4, 0.5) is 0 Å². The Kier molecular flexibility index (Phi) is 5.82. The Labute approximate surface area is 108 Å². The van der Waals surface area contributed by atoms with Crippen molar-refractivity contribution in [2.75, 3.05) is 13.2 Å². The molecule has 4 nitrogen and oxygen atoms in total. The van der Waals surface area contributed by atoms with Crippen LogP contribution < -0.4 is 5.32 Å². The largest absolute Gasteiger partial charge is 0.481 e. The quantitative estimate of drug-likeness (QED) is 0.686. The Morgan fingerprint density at radius 3 is 2.33 bits per heavy atom. The minimum absolute atomic E-state index is 0.0127. The fourth-order valence-corrected chi connectivity index (χ4v) is 1.81. The van der Waals surface area contributed by atoms with E-state index in [1.807, 2.05) is 44.2 Å². The van der Waals surface area contributed by atoms with E-state index in [0.29, 0.717) is 6.54 Å². The second kappa shape index (κ2) is 7.13. The summed E-state index contributed by atoms with van der Waals surface area (Å²) in [4.78, 5) is 11.3. The second-order valence-electron chi connectivity index (χ2n) is 4.74. The molecule has 1 aromatic rings. The molecule has 0 saturated heterocycles. The lowest BCUT2D eigenvalue weighted by Gasteiger charge is -2.22. The number of carboxylic acid groups (broad SMARTS) is 1. The van der Waals surface area contributed by atoms with Gasteiger partial charge in [0.15, 0.2) is 0 Å². The maximum Gasteiger partial charge on any atom is 0.312 e. The number of aliphatic hydroxyl groups excluding tert-OH is 1. The summed E-state index contributed by atoms with van der Waals surface area (Å²) in [5.74, 6) is -1.17. The van der Waals surface area contributed by atoms with Gasteiger partial charge < -0.3 is 15.5 Å². The summed E-state index contributed by atoms with van der Waals surface area (Å²) < 4.78 is 0. The third-order valence-electron chi connectivity index (χ3n) is 3.09. The summed E-state index contributed by atoms with van der Waals surface area (Å²) in [6, 6.07) is 9.07. The maximum atomic E-state index is 11.3. The summed E-state index contributed by atoms with van der Waals surface area (Å²) >= 11 is 0. The van der Waals surface area contributed by atoms with E-state index < -0.39 is 11.9 Å². The van der Waals surface area contributed by atoms with Crippen LogP contribution in [0.1, 0.15) is 25.3 Å². The lowest BCUT2D eigenvalue weighted by Crippen LogP contribution is -2.40. The van der Waals surface area contributed by atoms with Crippen LogP contribution in [0, 0.1) is 5.92 Å². The van der Waals surface area contributed by atoms with E-state index in [-0.39, 0.29) is 18.6 Å². The monoisotopic (exact) mass is 251 g/mol. The number of carbonyl (C=O) groups is 1. The summed E-state index contributed by atoms with van der Waals surface area (Å²) in [6.45, 7) is 4.32. The molecular weight excluding hydrogens is 230 g/mol. The first-order valence-electron chi connectivity index (χ1n) is 6.18. The van der Waals surface area contributed by atoms with Gasteiger partial charge in [-0.3, -0.25) is 4.79 Å². The molecule has 0 heterocycles. The van der Waals surface area contributed by atoms with Crippen LogP contribution in [0.5, 0.6) is 0 Å². The van der Waals surface area contributed by atoms with Crippen molar-refractivity contribution in [2.45, 2.75) is 25.8 Å². The molecule has 0 radical (unpaired) electrons. The predicted octanol–water partition coefficient (Wildman–Crippen LogP) is 1.46. The van der Waals surface area contributed by atoms with Crippen molar-refractivity contribution in [3.63, 3.8) is 0 Å². The van der Waals surface area contributed by atoms with Crippen molar-refractivity contribution in [2.24, 2.45) is 5.92 Å². The molecule has 0 aliphatic carbocycles. The highest BCUT2D eigenvalue weighted by molar-refractivity contribution is 5.76. The number of hydrogen-bond donors (Lipinski definition) is 3. The molecule has 0 aromatic heterocycles. The molecule has 0 saturated carbocycles. The van der Waals surface area contributed by atoms with Crippen LogP contribution in [0.3, 0.4) is 0 Å². The standard InChI is InChI=1S/C14H21NO3/c1-10(2)13(9-16)15-8-12(14(17)18)11-6-4-3-5-7-11/h3-7,10,12-13,15-16H,8-9H2,1-2H3,(H,17,18). The third-order valence-corrected chi connectivity index (χ3v) is 3.09. The lowest BCUT2D eigenvalue weighted by molar-refractivity contribution is -0.138. The third kappa shape index (κ3) is 4.13. The Bertz CT molecular complexity index is 365. The van der Waals surface area contributed by atoms with Gasteiger partial charge in [0.25, 0.3) is 0 Å². The number of benzene rings is 1. The van der Waals surface area contributed by atoms with Crippen LogP contribution in [0.2, 0.25) is 0 Å². The van der Waals surface area contributed by atoms with Crippen molar-refractivity contribution in [1.82, 2.24) is 5.32 Å². The molecule has 2 atom stereocenters. The fraction of sp³-hybridized carbons (Fsp3) is 0.500. The minimum Gasteiger partial charge on any atom is -0.481 e. The van der Waals surface area contributed by atoms with Gasteiger partial charge in [-0.2, -0.15) is 0 Å². The van der Waals surface area contributed by atoms with E-state index in [4.69, 9.17) is 0 Å². The van der Waals surface area contributed by atoms with Gasteiger partial charge in [0.05, 0.1) is 12.5 Å². The molecule has 2 unspecified atom stereocenters. The fourth-order valence-electron chi connectivity index (χ4n) is 1.81. The lowest BCUT2D eigenvalue weighted by atomic mass is 9.98. The van der Waals surface area contributed by atoms with Crippen LogP contribution in [-0.2, 0) is 4.79 Å². The Morgan fingerprint density at radius 1 is 1.28 bits per heavy atom. The van der Waals surface area contributed by atoms with Gasteiger partial charge in [-0.05, 0) is 11.5 Å². The molecule has 0 amide bonds. The topological polar surface area (TPSA) is 69.6 Å². The van der Waals surface area contributed by atoms with Crippen molar-refractivity contribution >= 4 is 5.97 Å². The molecule has 0 aliphatic heterocycles. The van der Waals surface area contributed by atoms with Crippen LogP contribution in [-0.4, -0.2) is 35.4 Å². The van der Waals surface area contributed by atoms with Gasteiger partial charge in [0.2, 0.25) is 0 Å². The highest BCUT2D eigenvalue weighted by Gasteiger charge is 2.21. The summed E-state index contributed by atoms with van der Waals surface area (Å²) in [7, 11) is 0. The van der Waals surface area contributed by atoms with E-state index >= 15 is 0 Å². The molecule has 0 fully saturated rings. The summed E-state index contributed by atoms with van der Waals surface area (Å²) in [5, 5.41) is 21.6. The zero-order chi connectivity index (χ0) is 13.5. The zero-order valence-electron chi connectivity index (χ0n) is 10.8. The van der Waals surface area contributed by atoms with Crippen LogP contribution >= 0.6 is 0 Å². The number of rotatable bonds is 7. The van der Waals surface area contributed by atoms with Crippen LogP contribution in [0.15, 0.2) is 30.3 Å². The zero-order valence-corrected chi connectivity index (χ0v) is 10.8.